The summed E-state index contributed by atoms with van der Waals surface area (Å²) in [6.07, 6.45) is 0. The Labute approximate surface area is 88.0 Å². The van der Waals surface area contributed by atoms with E-state index >= 15 is 0 Å². The molecule has 0 heterocycles. The van der Waals surface area contributed by atoms with E-state index in [2.05, 4.69) is 0 Å². The van der Waals surface area contributed by atoms with E-state index in [-0.39, 0.29) is 0 Å². The van der Waals surface area contributed by atoms with E-state index in [4.69, 9.17) is 9.26 Å². The zero-order valence-electron chi connectivity index (χ0n) is 8.47. The molecule has 1 atom stereocenters. The lowest BCUT2D eigenvalue weighted by atomic mass is 10.3. The second-order valence-corrected chi connectivity index (χ2v) is 5.06. The van der Waals surface area contributed by atoms with Gasteiger partial charge in [0, 0.05) is 12.4 Å². The highest BCUT2D eigenvalue weighted by molar-refractivity contribution is 7.70. The van der Waals surface area contributed by atoms with Gasteiger partial charge in [0.25, 0.3) is 7.37 Å². The number of hydrogen-bond donors (Lipinski definition) is 0. The summed E-state index contributed by atoms with van der Waals surface area (Å²) in [5, 5.41) is 0.439. The van der Waals surface area contributed by atoms with Gasteiger partial charge in [0.1, 0.15) is 11.7 Å². The molecule has 0 aliphatic rings. The van der Waals surface area contributed by atoms with Crippen molar-refractivity contribution in [2.45, 2.75) is 0 Å². The molecule has 4 nitrogen and oxygen atoms in total. The molecule has 0 amide bonds. The second-order valence-electron chi connectivity index (χ2n) is 2.72. The van der Waals surface area contributed by atoms with Gasteiger partial charge in [-0.05, 0) is 24.3 Å². The van der Waals surface area contributed by atoms with Crippen LogP contribution in [0, 0.1) is 0 Å². The monoisotopic (exact) mass is 226 g/mol. The van der Waals surface area contributed by atoms with Crippen molar-refractivity contribution in [3.8, 4) is 5.75 Å². The molecule has 0 fully saturated rings. The van der Waals surface area contributed by atoms with Crippen LogP contribution in [0.1, 0.15) is 0 Å². The van der Waals surface area contributed by atoms with Crippen molar-refractivity contribution in [1.29, 1.82) is 0 Å². The van der Waals surface area contributed by atoms with Crippen LogP contribution < -0.4 is 10.0 Å². The Kier molecular flexibility index (Phi) is 3.87. The molecule has 5 heteroatoms. The van der Waals surface area contributed by atoms with Gasteiger partial charge < -0.3 is 9.26 Å². The highest BCUT2D eigenvalue weighted by Gasteiger charge is 2.21. The topological polar surface area (TPSA) is 52.6 Å². The normalized spacial score (nSPS) is 13.7. The van der Waals surface area contributed by atoms with Gasteiger partial charge in [-0.2, -0.15) is 0 Å². The van der Waals surface area contributed by atoms with E-state index in [1.165, 1.54) is 20.2 Å². The van der Waals surface area contributed by atoms with Gasteiger partial charge in [0.05, 0.1) is 12.9 Å². The Morgan fingerprint density at radius 3 is 2.27 bits per heavy atom. The number of carbonyl (C=O) groups excluding carboxylic acids is 1. The highest BCUT2D eigenvalue weighted by Crippen LogP contribution is 2.45. The van der Waals surface area contributed by atoms with Gasteiger partial charge in [-0.1, -0.05) is 0 Å². The van der Waals surface area contributed by atoms with E-state index < -0.39 is 7.37 Å². The molecule has 0 spiro atoms. The quantitative estimate of drug-likeness (QED) is 0.577. The Hall–Kier alpha value is -1.34. The largest absolute Gasteiger partial charge is 0.497 e. The molecule has 1 unspecified atom stereocenters. The molecule has 0 saturated carbocycles. The molecule has 1 rings (SSSR count). The Morgan fingerprint density at radius 2 is 1.87 bits per heavy atom. The van der Waals surface area contributed by atoms with Gasteiger partial charge in [0.15, 0.2) is 0 Å². The first-order valence-electron chi connectivity index (χ1n) is 4.18. The maximum Gasteiger partial charge on any atom is 0.264 e. The summed E-state index contributed by atoms with van der Waals surface area (Å²) >= 11 is 0. The van der Waals surface area contributed by atoms with Crippen LogP contribution in [0.4, 0.5) is 0 Å². The van der Waals surface area contributed by atoms with Crippen LogP contribution in [0.25, 0.3) is 0 Å². The molecule has 0 aliphatic heterocycles. The fraction of sp³-hybridized carbons (Fsp3) is 0.200. The van der Waals surface area contributed by atoms with Crippen LogP contribution in [-0.2, 0) is 13.9 Å². The van der Waals surface area contributed by atoms with Crippen molar-refractivity contribution in [3.63, 3.8) is 0 Å². The maximum atomic E-state index is 12.0. The van der Waals surface area contributed by atoms with Crippen molar-refractivity contribution in [2.24, 2.45) is 0 Å². The van der Waals surface area contributed by atoms with Crippen LogP contribution in [0.15, 0.2) is 30.1 Å². The predicted octanol–water partition coefficient (Wildman–Crippen LogP) is 1.59. The van der Waals surface area contributed by atoms with E-state index in [1.807, 2.05) is 0 Å². The summed E-state index contributed by atoms with van der Waals surface area (Å²) in [6, 6.07) is 6.49. The average molecular weight is 226 g/mol. The Morgan fingerprint density at radius 1 is 1.27 bits per heavy atom. The lowest BCUT2D eigenvalue weighted by Crippen LogP contribution is -2.04. The lowest BCUT2D eigenvalue weighted by molar-refractivity contribution is 0.410. The molecular weight excluding hydrogens is 215 g/mol. The first kappa shape index (κ1) is 11.7. The second kappa shape index (κ2) is 4.94. The third-order valence-corrected chi connectivity index (χ3v) is 3.93. The Bertz CT molecular complexity index is 418. The molecule has 0 saturated heterocycles. The predicted molar refractivity (Wildman–Crippen MR) is 57.5 cm³/mol. The first-order chi connectivity index (χ1) is 7.16. The van der Waals surface area contributed by atoms with Crippen LogP contribution in [0.5, 0.6) is 5.75 Å². The number of benzene rings is 1. The van der Waals surface area contributed by atoms with Gasteiger partial charge >= 0.3 is 0 Å². The SMILES string of the molecule is COc1ccc(P(=O)(C=C=O)OC)cc1. The summed E-state index contributed by atoms with van der Waals surface area (Å²) in [6.45, 7) is 0. The highest BCUT2D eigenvalue weighted by atomic mass is 31.2. The third-order valence-electron chi connectivity index (χ3n) is 1.93. The summed E-state index contributed by atoms with van der Waals surface area (Å²) in [4.78, 5) is 10.2. The minimum absolute atomic E-state index is 0.439. The number of hydrogen-bond acceptors (Lipinski definition) is 4. The van der Waals surface area contributed by atoms with Gasteiger partial charge in [-0.15, -0.1) is 0 Å². The van der Waals surface area contributed by atoms with Crippen molar-refractivity contribution in [3.05, 3.63) is 30.1 Å². The molecule has 0 aliphatic carbocycles. The molecule has 0 aromatic heterocycles. The Balaban J connectivity index is 3.14. The molecule has 15 heavy (non-hydrogen) atoms. The van der Waals surface area contributed by atoms with Crippen molar-refractivity contribution < 1.29 is 18.6 Å². The molecule has 1 aromatic carbocycles. The number of rotatable bonds is 4. The molecule has 0 N–H and O–H groups in total. The summed E-state index contributed by atoms with van der Waals surface area (Å²) in [5.74, 6) is 3.05. The average Bonchev–Trinajstić information content (AvgIpc) is 2.29. The van der Waals surface area contributed by atoms with Crippen molar-refractivity contribution in [1.82, 2.24) is 0 Å². The minimum atomic E-state index is -3.19. The number of methoxy groups -OCH3 is 1. The lowest BCUT2D eigenvalue weighted by Gasteiger charge is -2.10. The molecule has 0 bridgehead atoms. The molecular formula is C10H11O4P. The zero-order chi connectivity index (χ0) is 11.3. The van der Waals surface area contributed by atoms with E-state index in [0.29, 0.717) is 11.1 Å². The fourth-order valence-corrected chi connectivity index (χ4v) is 2.26. The van der Waals surface area contributed by atoms with Crippen LogP contribution in [0.2, 0.25) is 0 Å². The van der Waals surface area contributed by atoms with Gasteiger partial charge in [-0.25, -0.2) is 4.79 Å². The molecule has 0 radical (unpaired) electrons. The van der Waals surface area contributed by atoms with E-state index in [1.54, 1.807) is 24.3 Å². The molecule has 1 aromatic rings. The minimum Gasteiger partial charge on any atom is -0.497 e. The van der Waals surface area contributed by atoms with Crippen molar-refractivity contribution >= 4 is 18.6 Å². The van der Waals surface area contributed by atoms with Crippen LogP contribution in [0.3, 0.4) is 0 Å². The van der Waals surface area contributed by atoms with Gasteiger partial charge in [0.2, 0.25) is 0 Å². The standard InChI is InChI=1S/C10H11O4P/c1-13-9-3-5-10(6-4-9)15(12,14-2)8-7-11/h3-6,8H,1-2H3. The van der Waals surface area contributed by atoms with Crippen LogP contribution in [-0.4, -0.2) is 20.2 Å². The van der Waals surface area contributed by atoms with E-state index in [9.17, 15) is 9.36 Å². The summed E-state index contributed by atoms with van der Waals surface area (Å²) < 4.78 is 21.8. The van der Waals surface area contributed by atoms with Crippen molar-refractivity contribution in [2.75, 3.05) is 14.2 Å². The van der Waals surface area contributed by atoms with Crippen LogP contribution >= 0.6 is 7.37 Å². The smallest absolute Gasteiger partial charge is 0.264 e. The van der Waals surface area contributed by atoms with Gasteiger partial charge in [-0.3, -0.25) is 4.57 Å². The fourth-order valence-electron chi connectivity index (χ4n) is 1.09. The first-order valence-corrected chi connectivity index (χ1v) is 5.88. The summed E-state index contributed by atoms with van der Waals surface area (Å²) in [5.41, 5.74) is 0. The maximum absolute atomic E-state index is 12.0. The number of ether oxygens (including phenoxy) is 1. The summed E-state index contributed by atoms with van der Waals surface area (Å²) in [7, 11) is -0.359. The molecule has 80 valence electrons. The third kappa shape index (κ3) is 2.57. The van der Waals surface area contributed by atoms with E-state index in [0.717, 1.165) is 5.82 Å². The zero-order valence-corrected chi connectivity index (χ0v) is 9.36.